The number of aromatic nitrogens is 1. The first-order valence-corrected chi connectivity index (χ1v) is 6.89. The number of thiazole rings is 1. The fraction of sp³-hybridized carbons (Fsp3) is 0.364. The van der Waals surface area contributed by atoms with Gasteiger partial charge in [0.2, 0.25) is 0 Å². The molecule has 1 aromatic carbocycles. The van der Waals surface area contributed by atoms with Gasteiger partial charge in [-0.1, -0.05) is 23.9 Å². The van der Waals surface area contributed by atoms with Crippen LogP contribution in [0.2, 0.25) is 0 Å². The van der Waals surface area contributed by atoms with Crippen LogP contribution in [0.15, 0.2) is 28.6 Å². The maximum Gasteiger partial charge on any atom is 0.151 e. The molecular weight excluding hydrogens is 224 g/mol. The molecule has 0 bridgehead atoms. The van der Waals surface area contributed by atoms with E-state index in [9.17, 15) is 0 Å². The summed E-state index contributed by atoms with van der Waals surface area (Å²) in [6.45, 7) is 0.792. The fourth-order valence-electron chi connectivity index (χ4n) is 1.32. The number of para-hydroxylation sites is 1. The van der Waals surface area contributed by atoms with Gasteiger partial charge in [-0.15, -0.1) is 11.3 Å². The van der Waals surface area contributed by atoms with E-state index in [0.29, 0.717) is 0 Å². The highest BCUT2D eigenvalue weighted by molar-refractivity contribution is 8.01. The van der Waals surface area contributed by atoms with Gasteiger partial charge < -0.3 is 5.73 Å². The van der Waals surface area contributed by atoms with Crippen LogP contribution in [-0.2, 0) is 0 Å². The zero-order chi connectivity index (χ0) is 10.5. The van der Waals surface area contributed by atoms with E-state index in [4.69, 9.17) is 5.73 Å². The summed E-state index contributed by atoms with van der Waals surface area (Å²) in [5.41, 5.74) is 6.56. The fourth-order valence-corrected chi connectivity index (χ4v) is 3.46. The highest BCUT2D eigenvalue weighted by Gasteiger charge is 2.02. The Kier molecular flexibility index (Phi) is 4.00. The van der Waals surface area contributed by atoms with Crippen molar-refractivity contribution in [3.63, 3.8) is 0 Å². The average molecular weight is 238 g/mol. The molecule has 0 fully saturated rings. The number of hydrogen-bond acceptors (Lipinski definition) is 4. The van der Waals surface area contributed by atoms with Gasteiger partial charge in [-0.2, -0.15) is 0 Å². The number of fused-ring (bicyclic) bond motifs is 1. The average Bonchev–Trinajstić information content (AvgIpc) is 2.67. The Balaban J connectivity index is 1.97. The van der Waals surface area contributed by atoms with E-state index in [1.807, 2.05) is 17.8 Å². The van der Waals surface area contributed by atoms with E-state index in [-0.39, 0.29) is 0 Å². The van der Waals surface area contributed by atoms with E-state index in [1.165, 1.54) is 15.5 Å². The first-order chi connectivity index (χ1) is 7.40. The second-order valence-corrected chi connectivity index (χ2v) is 5.66. The van der Waals surface area contributed by atoms with Crippen LogP contribution in [-0.4, -0.2) is 17.3 Å². The Labute approximate surface area is 97.9 Å². The number of hydrogen-bond donors (Lipinski definition) is 1. The van der Waals surface area contributed by atoms with Gasteiger partial charge in [-0.05, 0) is 31.5 Å². The lowest BCUT2D eigenvalue weighted by Crippen LogP contribution is -1.98. The van der Waals surface area contributed by atoms with Crippen LogP contribution < -0.4 is 5.73 Å². The smallest absolute Gasteiger partial charge is 0.151 e. The molecule has 15 heavy (non-hydrogen) atoms. The molecule has 0 saturated heterocycles. The van der Waals surface area contributed by atoms with Crippen molar-refractivity contribution in [1.82, 2.24) is 4.98 Å². The lowest BCUT2D eigenvalue weighted by molar-refractivity contribution is 0.814. The van der Waals surface area contributed by atoms with Crippen LogP contribution in [0.3, 0.4) is 0 Å². The molecule has 0 unspecified atom stereocenters. The van der Waals surface area contributed by atoms with Crippen LogP contribution in [0, 0.1) is 0 Å². The van der Waals surface area contributed by atoms with Gasteiger partial charge in [0, 0.05) is 5.75 Å². The van der Waals surface area contributed by atoms with Crippen molar-refractivity contribution in [2.24, 2.45) is 5.73 Å². The van der Waals surface area contributed by atoms with Gasteiger partial charge in [0.25, 0.3) is 0 Å². The lowest BCUT2D eigenvalue weighted by Gasteiger charge is -1.95. The third kappa shape index (κ3) is 2.93. The van der Waals surface area contributed by atoms with E-state index < -0.39 is 0 Å². The minimum absolute atomic E-state index is 0.792. The van der Waals surface area contributed by atoms with Gasteiger partial charge in [0.1, 0.15) is 0 Å². The Bertz CT molecular complexity index is 392. The maximum atomic E-state index is 5.45. The molecule has 2 rings (SSSR count). The SMILES string of the molecule is NCCCCSc1nc2ccccc2s1. The summed E-state index contributed by atoms with van der Waals surface area (Å²) >= 11 is 3.61. The van der Waals surface area contributed by atoms with Crippen molar-refractivity contribution in [2.75, 3.05) is 12.3 Å². The highest BCUT2D eigenvalue weighted by atomic mass is 32.2. The third-order valence-corrected chi connectivity index (χ3v) is 4.36. The van der Waals surface area contributed by atoms with Gasteiger partial charge in [0.15, 0.2) is 4.34 Å². The molecule has 4 heteroatoms. The first-order valence-electron chi connectivity index (χ1n) is 5.08. The van der Waals surface area contributed by atoms with Crippen molar-refractivity contribution in [3.05, 3.63) is 24.3 Å². The number of unbranched alkanes of at least 4 members (excludes halogenated alkanes) is 1. The summed E-state index contributed by atoms with van der Waals surface area (Å²) in [5, 5.41) is 0. The van der Waals surface area contributed by atoms with Gasteiger partial charge in [-0.25, -0.2) is 4.98 Å². The van der Waals surface area contributed by atoms with Crippen LogP contribution in [0.1, 0.15) is 12.8 Å². The maximum absolute atomic E-state index is 5.45. The molecule has 0 aliphatic heterocycles. The number of thioether (sulfide) groups is 1. The molecule has 0 aliphatic rings. The monoisotopic (exact) mass is 238 g/mol. The zero-order valence-corrected chi connectivity index (χ0v) is 10.1. The summed E-state index contributed by atoms with van der Waals surface area (Å²) < 4.78 is 2.45. The third-order valence-electron chi connectivity index (χ3n) is 2.10. The lowest BCUT2D eigenvalue weighted by atomic mass is 10.3. The Hall–Kier alpha value is -0.580. The van der Waals surface area contributed by atoms with Crippen molar-refractivity contribution in [2.45, 2.75) is 17.2 Å². The predicted octanol–water partition coefficient (Wildman–Crippen LogP) is 3.13. The van der Waals surface area contributed by atoms with E-state index in [1.54, 1.807) is 11.3 Å². The zero-order valence-electron chi connectivity index (χ0n) is 8.48. The second kappa shape index (κ2) is 5.49. The van der Waals surface area contributed by atoms with Crippen molar-refractivity contribution in [1.29, 1.82) is 0 Å². The molecule has 0 amide bonds. The quantitative estimate of drug-likeness (QED) is 0.642. The highest BCUT2D eigenvalue weighted by Crippen LogP contribution is 2.29. The number of benzene rings is 1. The van der Waals surface area contributed by atoms with Gasteiger partial charge >= 0.3 is 0 Å². The molecule has 2 N–H and O–H groups in total. The molecule has 0 spiro atoms. The van der Waals surface area contributed by atoms with E-state index in [2.05, 4.69) is 23.2 Å². The van der Waals surface area contributed by atoms with Crippen molar-refractivity contribution >= 4 is 33.3 Å². The van der Waals surface area contributed by atoms with Gasteiger partial charge in [0.05, 0.1) is 10.2 Å². The van der Waals surface area contributed by atoms with E-state index >= 15 is 0 Å². The van der Waals surface area contributed by atoms with Crippen molar-refractivity contribution in [3.8, 4) is 0 Å². The topological polar surface area (TPSA) is 38.9 Å². The molecule has 0 saturated carbocycles. The largest absolute Gasteiger partial charge is 0.330 e. The summed E-state index contributed by atoms with van der Waals surface area (Å²) in [6.07, 6.45) is 2.29. The Morgan fingerprint density at radius 1 is 1.27 bits per heavy atom. The number of rotatable bonds is 5. The summed E-state index contributed by atoms with van der Waals surface area (Å²) in [4.78, 5) is 4.56. The summed E-state index contributed by atoms with van der Waals surface area (Å²) in [5.74, 6) is 1.12. The summed E-state index contributed by atoms with van der Waals surface area (Å²) in [6, 6.07) is 8.28. The van der Waals surface area contributed by atoms with Crippen molar-refractivity contribution < 1.29 is 0 Å². The Morgan fingerprint density at radius 2 is 2.13 bits per heavy atom. The Morgan fingerprint density at radius 3 is 2.93 bits per heavy atom. The van der Waals surface area contributed by atoms with Crippen LogP contribution in [0.25, 0.3) is 10.2 Å². The molecule has 0 aliphatic carbocycles. The number of nitrogens with zero attached hydrogens (tertiary/aromatic N) is 1. The molecule has 2 nitrogen and oxygen atoms in total. The molecule has 80 valence electrons. The standard InChI is InChI=1S/C11H14N2S2/c12-7-3-4-8-14-11-13-9-5-1-2-6-10(9)15-11/h1-2,5-6H,3-4,7-8,12H2. The predicted molar refractivity (Wildman–Crippen MR) is 68.6 cm³/mol. The minimum Gasteiger partial charge on any atom is -0.330 e. The van der Waals surface area contributed by atoms with Gasteiger partial charge in [-0.3, -0.25) is 0 Å². The number of nitrogens with two attached hydrogens (primary N) is 1. The van der Waals surface area contributed by atoms with Crippen LogP contribution in [0.4, 0.5) is 0 Å². The van der Waals surface area contributed by atoms with Crippen LogP contribution in [0.5, 0.6) is 0 Å². The molecular formula is C11H14N2S2. The molecule has 0 atom stereocenters. The second-order valence-electron chi connectivity index (χ2n) is 3.29. The summed E-state index contributed by atoms with van der Waals surface area (Å²) in [7, 11) is 0. The normalized spacial score (nSPS) is 11.0. The molecule has 1 aromatic heterocycles. The molecule has 2 aromatic rings. The van der Waals surface area contributed by atoms with E-state index in [0.717, 1.165) is 24.2 Å². The molecule has 0 radical (unpaired) electrons. The first kappa shape index (κ1) is 10.9. The van der Waals surface area contributed by atoms with Crippen LogP contribution >= 0.6 is 23.1 Å². The minimum atomic E-state index is 0.792. The molecule has 1 heterocycles.